The molecule has 4 aromatic rings. The molecular formula is C22H20ClF2N7O2. The number of aromatic nitrogens is 5. The number of carbonyl (C=O) groups excluding carboxylic acids is 1. The van der Waals surface area contributed by atoms with Crippen molar-refractivity contribution in [3.63, 3.8) is 0 Å². The Balaban J connectivity index is 1.42. The predicted octanol–water partition coefficient (Wildman–Crippen LogP) is 3.00. The number of carbonyl (C=O) groups is 1. The molecule has 1 amide bonds. The number of aromatic amines is 1. The summed E-state index contributed by atoms with van der Waals surface area (Å²) in [6.45, 7) is 0.525. The maximum absolute atomic E-state index is 14.4. The fraction of sp³-hybridized carbons (Fsp3) is 0.227. The minimum absolute atomic E-state index is 0.122. The van der Waals surface area contributed by atoms with Gasteiger partial charge in [0.2, 0.25) is 5.91 Å². The largest absolute Gasteiger partial charge is 0.359 e. The molecule has 176 valence electrons. The summed E-state index contributed by atoms with van der Waals surface area (Å²) in [5.74, 6) is -4.06. The smallest absolute Gasteiger partial charge is 0.306 e. The first-order valence-electron chi connectivity index (χ1n) is 10.2. The fourth-order valence-corrected chi connectivity index (χ4v) is 3.45. The maximum atomic E-state index is 14.4. The molecule has 4 rings (SSSR count). The van der Waals surface area contributed by atoms with E-state index in [0.717, 1.165) is 10.1 Å². The van der Waals surface area contributed by atoms with Crippen LogP contribution < -0.4 is 16.2 Å². The van der Waals surface area contributed by atoms with Crippen molar-refractivity contribution < 1.29 is 13.6 Å². The average Bonchev–Trinajstić information content (AvgIpc) is 3.20. The van der Waals surface area contributed by atoms with E-state index >= 15 is 0 Å². The SMILES string of the molecule is Cc1cnc(NCC(F)(F)c2ccccn2)c(=O)n1CC(=O)NCc1ccc2[nH]cc(Cl)c2n1. The summed E-state index contributed by atoms with van der Waals surface area (Å²) in [5.41, 5.74) is 1.23. The first-order chi connectivity index (χ1) is 16.2. The number of H-pyrrole nitrogens is 1. The number of nitrogens with zero attached hydrogens (tertiary/aromatic N) is 4. The van der Waals surface area contributed by atoms with Crippen LogP contribution in [0.5, 0.6) is 0 Å². The van der Waals surface area contributed by atoms with Crippen LogP contribution >= 0.6 is 11.6 Å². The summed E-state index contributed by atoms with van der Waals surface area (Å²) < 4.78 is 29.9. The monoisotopic (exact) mass is 487 g/mol. The number of hydrogen-bond donors (Lipinski definition) is 3. The van der Waals surface area contributed by atoms with Crippen LogP contribution in [-0.4, -0.2) is 37.0 Å². The van der Waals surface area contributed by atoms with Gasteiger partial charge >= 0.3 is 5.92 Å². The van der Waals surface area contributed by atoms with Gasteiger partial charge in [-0.3, -0.25) is 19.1 Å². The van der Waals surface area contributed by atoms with Crippen molar-refractivity contribution in [3.8, 4) is 0 Å². The van der Waals surface area contributed by atoms with E-state index in [1.807, 2.05) is 0 Å². The van der Waals surface area contributed by atoms with Crippen LogP contribution in [0.15, 0.2) is 53.7 Å². The molecule has 0 saturated carbocycles. The summed E-state index contributed by atoms with van der Waals surface area (Å²) in [5, 5.41) is 5.54. The van der Waals surface area contributed by atoms with Gasteiger partial charge in [0.15, 0.2) is 5.82 Å². The Morgan fingerprint density at radius 1 is 1.24 bits per heavy atom. The van der Waals surface area contributed by atoms with Crippen LogP contribution in [0.3, 0.4) is 0 Å². The number of hydrogen-bond acceptors (Lipinski definition) is 6. The molecule has 0 atom stereocenters. The van der Waals surface area contributed by atoms with Crippen LogP contribution in [-0.2, 0) is 23.8 Å². The molecule has 4 aromatic heterocycles. The number of fused-ring (bicyclic) bond motifs is 1. The molecule has 0 aromatic carbocycles. The number of nitrogens with one attached hydrogen (secondary N) is 3. The van der Waals surface area contributed by atoms with E-state index in [1.54, 1.807) is 25.3 Å². The zero-order valence-electron chi connectivity index (χ0n) is 18.0. The van der Waals surface area contributed by atoms with Gasteiger partial charge in [-0.1, -0.05) is 17.7 Å². The molecule has 0 bridgehead atoms. The highest BCUT2D eigenvalue weighted by molar-refractivity contribution is 6.35. The molecular weight excluding hydrogens is 468 g/mol. The molecule has 34 heavy (non-hydrogen) atoms. The van der Waals surface area contributed by atoms with Crippen LogP contribution in [0.1, 0.15) is 17.1 Å². The van der Waals surface area contributed by atoms with Gasteiger partial charge in [0, 0.05) is 24.3 Å². The lowest BCUT2D eigenvalue weighted by molar-refractivity contribution is -0.121. The van der Waals surface area contributed by atoms with E-state index in [0.29, 0.717) is 21.9 Å². The van der Waals surface area contributed by atoms with Gasteiger partial charge in [0.05, 0.1) is 29.3 Å². The van der Waals surface area contributed by atoms with Crippen LogP contribution in [0.25, 0.3) is 11.0 Å². The first-order valence-corrected chi connectivity index (χ1v) is 10.6. The second-order valence-electron chi connectivity index (χ2n) is 7.52. The normalized spacial score (nSPS) is 11.5. The maximum Gasteiger partial charge on any atom is 0.306 e. The minimum Gasteiger partial charge on any atom is -0.359 e. The fourth-order valence-electron chi connectivity index (χ4n) is 3.25. The average molecular weight is 488 g/mol. The highest BCUT2D eigenvalue weighted by Crippen LogP contribution is 2.25. The standard InChI is InChI=1S/C22H20ClF2N7O2/c1-13-8-29-20(30-12-22(24,25)17-4-2-3-7-26-17)21(34)32(13)11-18(33)28-9-14-5-6-16-19(31-14)15(23)10-27-16/h2-8,10,27H,9,11-12H2,1H3,(H,28,33)(H,29,30). The highest BCUT2D eigenvalue weighted by atomic mass is 35.5. The van der Waals surface area contributed by atoms with E-state index in [1.165, 1.54) is 30.6 Å². The lowest BCUT2D eigenvalue weighted by Crippen LogP contribution is -2.36. The van der Waals surface area contributed by atoms with Gasteiger partial charge < -0.3 is 15.6 Å². The summed E-state index contributed by atoms with van der Waals surface area (Å²) in [6.07, 6.45) is 4.22. The minimum atomic E-state index is -3.32. The second kappa shape index (κ2) is 9.56. The van der Waals surface area contributed by atoms with Gasteiger partial charge in [0.1, 0.15) is 17.8 Å². The summed E-state index contributed by atoms with van der Waals surface area (Å²) in [7, 11) is 0. The van der Waals surface area contributed by atoms with Crippen molar-refractivity contribution in [2.45, 2.75) is 25.9 Å². The molecule has 0 spiro atoms. The van der Waals surface area contributed by atoms with E-state index in [9.17, 15) is 18.4 Å². The zero-order chi connectivity index (χ0) is 24.3. The van der Waals surface area contributed by atoms with Gasteiger partial charge in [-0.25, -0.2) is 9.97 Å². The molecule has 9 nitrogen and oxygen atoms in total. The Morgan fingerprint density at radius 2 is 2.06 bits per heavy atom. The van der Waals surface area contributed by atoms with Gasteiger partial charge in [-0.05, 0) is 31.2 Å². The zero-order valence-corrected chi connectivity index (χ0v) is 18.7. The third-order valence-electron chi connectivity index (χ3n) is 5.07. The topological polar surface area (TPSA) is 118 Å². The Kier molecular flexibility index (Phi) is 6.55. The van der Waals surface area contributed by atoms with Gasteiger partial charge in [-0.15, -0.1) is 0 Å². The molecule has 0 aliphatic heterocycles. The Bertz CT molecular complexity index is 1390. The van der Waals surface area contributed by atoms with E-state index < -0.39 is 29.6 Å². The first kappa shape index (κ1) is 23.3. The Hall–Kier alpha value is -3.86. The number of anilines is 1. The van der Waals surface area contributed by atoms with Crippen molar-refractivity contribution in [1.82, 2.24) is 29.8 Å². The molecule has 12 heteroatoms. The highest BCUT2D eigenvalue weighted by Gasteiger charge is 2.33. The predicted molar refractivity (Wildman–Crippen MR) is 123 cm³/mol. The summed E-state index contributed by atoms with van der Waals surface area (Å²) in [6, 6.07) is 7.72. The number of alkyl halides is 2. The third kappa shape index (κ3) is 5.04. The van der Waals surface area contributed by atoms with Crippen molar-refractivity contribution in [1.29, 1.82) is 0 Å². The third-order valence-corrected chi connectivity index (χ3v) is 5.36. The molecule has 0 aliphatic rings. The molecule has 0 unspecified atom stereocenters. The Labute approximate surface area is 197 Å². The number of rotatable bonds is 8. The van der Waals surface area contributed by atoms with E-state index in [4.69, 9.17) is 11.6 Å². The number of halogens is 3. The summed E-state index contributed by atoms with van der Waals surface area (Å²) in [4.78, 5) is 40.2. The number of aryl methyl sites for hydroxylation is 1. The molecule has 3 N–H and O–H groups in total. The summed E-state index contributed by atoms with van der Waals surface area (Å²) >= 11 is 6.07. The van der Waals surface area contributed by atoms with Gasteiger partial charge in [0.25, 0.3) is 5.56 Å². The van der Waals surface area contributed by atoms with Crippen molar-refractivity contribution in [2.24, 2.45) is 0 Å². The molecule has 4 heterocycles. The van der Waals surface area contributed by atoms with Crippen molar-refractivity contribution in [2.75, 3.05) is 11.9 Å². The van der Waals surface area contributed by atoms with E-state index in [-0.39, 0.29) is 18.9 Å². The van der Waals surface area contributed by atoms with Crippen LogP contribution in [0.4, 0.5) is 14.6 Å². The van der Waals surface area contributed by atoms with Gasteiger partial charge in [-0.2, -0.15) is 8.78 Å². The number of pyridine rings is 2. The molecule has 0 fully saturated rings. The van der Waals surface area contributed by atoms with Crippen molar-refractivity contribution >= 4 is 34.4 Å². The molecule has 0 radical (unpaired) electrons. The lowest BCUT2D eigenvalue weighted by Gasteiger charge is -2.17. The second-order valence-corrected chi connectivity index (χ2v) is 7.93. The quantitative estimate of drug-likeness (QED) is 0.352. The number of amides is 1. The molecule has 0 saturated heterocycles. The Morgan fingerprint density at radius 3 is 2.82 bits per heavy atom. The lowest BCUT2D eigenvalue weighted by atomic mass is 10.2. The van der Waals surface area contributed by atoms with Crippen molar-refractivity contribution in [3.05, 3.63) is 81.4 Å². The van der Waals surface area contributed by atoms with Crippen LogP contribution in [0, 0.1) is 6.92 Å². The molecule has 0 aliphatic carbocycles. The van der Waals surface area contributed by atoms with Crippen LogP contribution in [0.2, 0.25) is 5.02 Å². The van der Waals surface area contributed by atoms with E-state index in [2.05, 4.69) is 30.6 Å².